The molecule has 0 saturated carbocycles. The van der Waals surface area contributed by atoms with Crippen molar-refractivity contribution in [1.29, 1.82) is 0 Å². The van der Waals surface area contributed by atoms with Gasteiger partial charge in [0.25, 0.3) is 0 Å². The molecule has 0 unspecified atom stereocenters. The van der Waals surface area contributed by atoms with Crippen molar-refractivity contribution in [3.8, 4) is 5.75 Å². The standard InChI is InChI=1S/C14H21NO3/c1-5-17-13(16)14(3,4)18-12-7-6-11(9-15)8-10(12)2/h6-8H,5,9,15H2,1-4H3. The molecule has 0 spiro atoms. The molecule has 1 rings (SSSR count). The van der Waals surface area contributed by atoms with Crippen LogP contribution in [-0.2, 0) is 16.1 Å². The SMILES string of the molecule is CCOC(=O)C(C)(C)Oc1ccc(CN)cc1C. The van der Waals surface area contributed by atoms with Crippen LogP contribution in [0, 0.1) is 6.92 Å². The Balaban J connectivity index is 2.87. The highest BCUT2D eigenvalue weighted by atomic mass is 16.6. The van der Waals surface area contributed by atoms with E-state index < -0.39 is 5.60 Å². The first kappa shape index (κ1) is 14.5. The summed E-state index contributed by atoms with van der Waals surface area (Å²) >= 11 is 0. The minimum atomic E-state index is -0.995. The van der Waals surface area contributed by atoms with E-state index in [1.54, 1.807) is 20.8 Å². The normalized spacial score (nSPS) is 11.2. The molecule has 0 fully saturated rings. The number of carbonyl (C=O) groups excluding carboxylic acids is 1. The molecule has 0 radical (unpaired) electrons. The lowest BCUT2D eigenvalue weighted by molar-refractivity contribution is -0.158. The van der Waals surface area contributed by atoms with E-state index in [0.717, 1.165) is 11.1 Å². The zero-order valence-corrected chi connectivity index (χ0v) is 11.4. The van der Waals surface area contributed by atoms with Crippen molar-refractivity contribution in [2.75, 3.05) is 6.61 Å². The van der Waals surface area contributed by atoms with Crippen LogP contribution in [0.2, 0.25) is 0 Å². The van der Waals surface area contributed by atoms with E-state index in [1.807, 2.05) is 25.1 Å². The molecule has 1 aromatic rings. The van der Waals surface area contributed by atoms with Crippen molar-refractivity contribution in [3.63, 3.8) is 0 Å². The van der Waals surface area contributed by atoms with Crippen LogP contribution in [0.3, 0.4) is 0 Å². The molecule has 0 saturated heterocycles. The topological polar surface area (TPSA) is 61.5 Å². The summed E-state index contributed by atoms with van der Waals surface area (Å²) in [6.45, 7) is 7.92. The van der Waals surface area contributed by atoms with Crippen molar-refractivity contribution in [2.24, 2.45) is 5.73 Å². The molecular weight excluding hydrogens is 230 g/mol. The van der Waals surface area contributed by atoms with Gasteiger partial charge in [0.1, 0.15) is 5.75 Å². The molecule has 4 nitrogen and oxygen atoms in total. The summed E-state index contributed by atoms with van der Waals surface area (Å²) in [4.78, 5) is 11.7. The Morgan fingerprint density at radius 2 is 2.06 bits per heavy atom. The quantitative estimate of drug-likeness (QED) is 0.815. The van der Waals surface area contributed by atoms with E-state index in [9.17, 15) is 4.79 Å². The van der Waals surface area contributed by atoms with Gasteiger partial charge in [-0.1, -0.05) is 12.1 Å². The summed E-state index contributed by atoms with van der Waals surface area (Å²) in [5, 5.41) is 0. The van der Waals surface area contributed by atoms with Crippen LogP contribution in [0.4, 0.5) is 0 Å². The van der Waals surface area contributed by atoms with Crippen LogP contribution in [0.1, 0.15) is 31.9 Å². The molecule has 100 valence electrons. The fourth-order valence-corrected chi connectivity index (χ4v) is 1.57. The van der Waals surface area contributed by atoms with Crippen molar-refractivity contribution in [1.82, 2.24) is 0 Å². The van der Waals surface area contributed by atoms with Gasteiger partial charge in [-0.3, -0.25) is 0 Å². The second-order valence-corrected chi connectivity index (χ2v) is 4.64. The van der Waals surface area contributed by atoms with Crippen LogP contribution < -0.4 is 10.5 Å². The average Bonchev–Trinajstić information content (AvgIpc) is 2.32. The molecule has 2 N–H and O–H groups in total. The predicted molar refractivity (Wildman–Crippen MR) is 70.4 cm³/mol. The Kier molecular flexibility index (Phi) is 4.73. The number of aryl methyl sites for hydroxylation is 1. The van der Waals surface area contributed by atoms with Gasteiger partial charge in [0.05, 0.1) is 6.61 Å². The van der Waals surface area contributed by atoms with Gasteiger partial charge in [-0.15, -0.1) is 0 Å². The van der Waals surface area contributed by atoms with Crippen LogP contribution >= 0.6 is 0 Å². The maximum Gasteiger partial charge on any atom is 0.349 e. The molecule has 1 aromatic carbocycles. The van der Waals surface area contributed by atoms with Gasteiger partial charge in [0, 0.05) is 6.54 Å². The molecule has 0 atom stereocenters. The highest BCUT2D eigenvalue weighted by Crippen LogP contribution is 2.24. The number of ether oxygens (including phenoxy) is 2. The number of benzene rings is 1. The van der Waals surface area contributed by atoms with Crippen LogP contribution in [0.15, 0.2) is 18.2 Å². The summed E-state index contributed by atoms with van der Waals surface area (Å²) in [5.74, 6) is 0.303. The Hall–Kier alpha value is -1.55. The van der Waals surface area contributed by atoms with Gasteiger partial charge in [0.15, 0.2) is 5.60 Å². The molecular formula is C14H21NO3. The largest absolute Gasteiger partial charge is 0.476 e. The lowest BCUT2D eigenvalue weighted by Gasteiger charge is -2.25. The summed E-state index contributed by atoms with van der Waals surface area (Å²) in [6.07, 6.45) is 0. The Labute approximate surface area is 108 Å². The number of nitrogens with two attached hydrogens (primary N) is 1. The number of carbonyl (C=O) groups is 1. The van der Waals surface area contributed by atoms with Gasteiger partial charge in [0.2, 0.25) is 0 Å². The first-order chi connectivity index (χ1) is 8.40. The van der Waals surface area contributed by atoms with Crippen LogP contribution in [0.25, 0.3) is 0 Å². The number of hydrogen-bond acceptors (Lipinski definition) is 4. The molecule has 0 bridgehead atoms. The van der Waals surface area contributed by atoms with Gasteiger partial charge < -0.3 is 15.2 Å². The maximum atomic E-state index is 11.7. The first-order valence-electron chi connectivity index (χ1n) is 6.06. The van der Waals surface area contributed by atoms with Crippen molar-refractivity contribution < 1.29 is 14.3 Å². The average molecular weight is 251 g/mol. The van der Waals surface area contributed by atoms with Crippen molar-refractivity contribution in [2.45, 2.75) is 39.8 Å². The molecule has 18 heavy (non-hydrogen) atoms. The Morgan fingerprint density at radius 3 is 2.56 bits per heavy atom. The van der Waals surface area contributed by atoms with E-state index in [0.29, 0.717) is 18.9 Å². The van der Waals surface area contributed by atoms with Crippen molar-refractivity contribution >= 4 is 5.97 Å². The van der Waals surface area contributed by atoms with E-state index >= 15 is 0 Å². The second kappa shape index (κ2) is 5.87. The highest BCUT2D eigenvalue weighted by Gasteiger charge is 2.31. The zero-order chi connectivity index (χ0) is 13.8. The molecule has 0 aliphatic rings. The zero-order valence-electron chi connectivity index (χ0n) is 11.4. The van der Waals surface area contributed by atoms with E-state index in [1.165, 1.54) is 0 Å². The Bertz CT molecular complexity index is 427. The summed E-state index contributed by atoms with van der Waals surface area (Å²) < 4.78 is 10.7. The number of esters is 1. The molecule has 0 aromatic heterocycles. The third-order valence-electron chi connectivity index (χ3n) is 2.61. The predicted octanol–water partition coefficient (Wildman–Crippen LogP) is 2.17. The lowest BCUT2D eigenvalue weighted by atomic mass is 10.1. The summed E-state index contributed by atoms with van der Waals surface area (Å²) in [6, 6.07) is 5.68. The van der Waals surface area contributed by atoms with E-state index in [-0.39, 0.29) is 5.97 Å². The number of hydrogen-bond donors (Lipinski definition) is 1. The van der Waals surface area contributed by atoms with Crippen LogP contribution in [0.5, 0.6) is 5.75 Å². The van der Waals surface area contributed by atoms with Gasteiger partial charge in [-0.25, -0.2) is 4.79 Å². The third kappa shape index (κ3) is 3.47. The molecule has 0 aliphatic carbocycles. The van der Waals surface area contributed by atoms with Crippen molar-refractivity contribution in [3.05, 3.63) is 29.3 Å². The van der Waals surface area contributed by atoms with Crippen LogP contribution in [-0.4, -0.2) is 18.2 Å². The number of rotatable bonds is 5. The minimum Gasteiger partial charge on any atom is -0.476 e. The molecule has 0 heterocycles. The Morgan fingerprint density at radius 1 is 1.39 bits per heavy atom. The van der Waals surface area contributed by atoms with E-state index in [2.05, 4.69) is 0 Å². The summed E-state index contributed by atoms with van der Waals surface area (Å²) in [5.41, 5.74) is 6.56. The van der Waals surface area contributed by atoms with Gasteiger partial charge >= 0.3 is 5.97 Å². The van der Waals surface area contributed by atoms with Gasteiger partial charge in [-0.05, 0) is 44.9 Å². The maximum absolute atomic E-state index is 11.7. The second-order valence-electron chi connectivity index (χ2n) is 4.64. The fraction of sp³-hybridized carbons (Fsp3) is 0.500. The molecule has 4 heteroatoms. The highest BCUT2D eigenvalue weighted by molar-refractivity contribution is 5.79. The first-order valence-corrected chi connectivity index (χ1v) is 6.06. The monoisotopic (exact) mass is 251 g/mol. The molecule has 0 aliphatic heterocycles. The fourth-order valence-electron chi connectivity index (χ4n) is 1.57. The lowest BCUT2D eigenvalue weighted by Crippen LogP contribution is -2.39. The van der Waals surface area contributed by atoms with Gasteiger partial charge in [-0.2, -0.15) is 0 Å². The van der Waals surface area contributed by atoms with E-state index in [4.69, 9.17) is 15.2 Å². The third-order valence-corrected chi connectivity index (χ3v) is 2.61. The smallest absolute Gasteiger partial charge is 0.349 e. The minimum absolute atomic E-state index is 0.344. The molecule has 0 amide bonds. The summed E-state index contributed by atoms with van der Waals surface area (Å²) in [7, 11) is 0.